The molecule has 0 unspecified atom stereocenters. The van der Waals surface area contributed by atoms with Gasteiger partial charge >= 0.3 is 0 Å². The summed E-state index contributed by atoms with van der Waals surface area (Å²) in [6.45, 7) is 3.07. The van der Waals surface area contributed by atoms with Gasteiger partial charge in [0.25, 0.3) is 0 Å². The quantitative estimate of drug-likeness (QED) is 0.382. The molecule has 5 aliphatic rings. The largest absolute Gasteiger partial charge is 0.497 e. The van der Waals surface area contributed by atoms with Gasteiger partial charge < -0.3 is 24.1 Å². The van der Waals surface area contributed by atoms with Crippen LogP contribution in [0.3, 0.4) is 0 Å². The Hall–Kier alpha value is -3.06. The van der Waals surface area contributed by atoms with Gasteiger partial charge in [-0.3, -0.25) is 4.90 Å². The van der Waals surface area contributed by atoms with Crippen LogP contribution in [0.1, 0.15) is 54.4 Å². The number of hydrogen-bond donors (Lipinski definition) is 1. The zero-order chi connectivity index (χ0) is 27.6. The molecule has 3 aromatic carbocycles. The molecule has 214 valence electrons. The molecule has 0 amide bonds. The molecule has 1 N–H and O–H groups in total. The molecule has 1 saturated heterocycles. The third-order valence-corrected chi connectivity index (χ3v) is 10.6. The van der Waals surface area contributed by atoms with E-state index in [1.165, 1.54) is 24.0 Å². The standard InChI is InChI=1S/C35H39NO5/c1-38-27-12-9-25(10-13-27)22-40-29-15-16-35(37)30-19-26-11-14-28(39-21-24-5-3-2-4-6-24)32-31(26)34(35,33(29)41-32)17-18-36(30)20-23-7-8-23/h2-6,9-14,23,29-30,33,37H,7-8,15-22H2,1H3/t29-,30-,33+,34+,35-/m1/s1. The predicted octanol–water partition coefficient (Wildman–Crippen LogP) is 5.42. The van der Waals surface area contributed by atoms with Crippen molar-refractivity contribution in [3.05, 3.63) is 89.0 Å². The Morgan fingerprint density at radius 3 is 2.51 bits per heavy atom. The molecule has 0 radical (unpaired) electrons. The van der Waals surface area contributed by atoms with E-state index < -0.39 is 11.0 Å². The number of nitrogens with zero attached hydrogens (tertiary/aromatic N) is 1. The van der Waals surface area contributed by atoms with Gasteiger partial charge in [0.1, 0.15) is 18.5 Å². The molecule has 6 nitrogen and oxygen atoms in total. The number of aliphatic hydroxyl groups is 1. The monoisotopic (exact) mass is 553 g/mol. The minimum atomic E-state index is -0.846. The van der Waals surface area contributed by atoms with Crippen LogP contribution in [0.5, 0.6) is 17.2 Å². The normalized spacial score (nSPS) is 31.3. The lowest BCUT2D eigenvalue weighted by molar-refractivity contribution is -0.217. The molecule has 2 aliphatic heterocycles. The van der Waals surface area contributed by atoms with Crippen LogP contribution in [-0.4, -0.2) is 54.1 Å². The third kappa shape index (κ3) is 4.02. The van der Waals surface area contributed by atoms with Gasteiger partial charge in [-0.2, -0.15) is 0 Å². The second-order valence-corrected chi connectivity index (χ2v) is 12.8. The minimum Gasteiger partial charge on any atom is -0.497 e. The van der Waals surface area contributed by atoms with Gasteiger partial charge in [-0.15, -0.1) is 0 Å². The first-order valence-corrected chi connectivity index (χ1v) is 15.3. The summed E-state index contributed by atoms with van der Waals surface area (Å²) in [7, 11) is 1.68. The van der Waals surface area contributed by atoms with E-state index in [4.69, 9.17) is 18.9 Å². The van der Waals surface area contributed by atoms with Crippen molar-refractivity contribution < 1.29 is 24.1 Å². The Morgan fingerprint density at radius 1 is 0.927 bits per heavy atom. The van der Waals surface area contributed by atoms with Crippen LogP contribution < -0.4 is 14.2 Å². The van der Waals surface area contributed by atoms with Crippen LogP contribution in [0.15, 0.2) is 66.7 Å². The number of piperidine rings is 1. The van der Waals surface area contributed by atoms with Crippen molar-refractivity contribution in [3.8, 4) is 17.2 Å². The molecular formula is C35H39NO5. The Bertz CT molecular complexity index is 1420. The third-order valence-electron chi connectivity index (χ3n) is 10.6. The van der Waals surface area contributed by atoms with Crippen molar-refractivity contribution in [1.29, 1.82) is 0 Å². The first-order valence-electron chi connectivity index (χ1n) is 15.3. The fraction of sp³-hybridized carbons (Fsp3) is 0.486. The Labute approximate surface area is 242 Å². The molecule has 3 aromatic rings. The van der Waals surface area contributed by atoms with Gasteiger partial charge in [0.15, 0.2) is 11.5 Å². The first kappa shape index (κ1) is 25.6. The second kappa shape index (κ2) is 9.75. The summed E-state index contributed by atoms with van der Waals surface area (Å²) in [6.07, 6.45) is 5.51. The fourth-order valence-electron chi connectivity index (χ4n) is 8.37. The van der Waals surface area contributed by atoms with Crippen molar-refractivity contribution in [2.24, 2.45) is 5.92 Å². The maximum absolute atomic E-state index is 12.8. The zero-order valence-corrected chi connectivity index (χ0v) is 23.8. The number of benzene rings is 3. The molecule has 3 fully saturated rings. The number of likely N-dealkylation sites (tertiary alicyclic amines) is 1. The molecule has 0 aromatic heterocycles. The first-order chi connectivity index (χ1) is 20.1. The lowest BCUT2D eigenvalue weighted by Crippen LogP contribution is -2.77. The second-order valence-electron chi connectivity index (χ2n) is 12.8. The van der Waals surface area contributed by atoms with Crippen LogP contribution in [-0.2, 0) is 29.8 Å². The van der Waals surface area contributed by atoms with E-state index in [-0.39, 0.29) is 18.2 Å². The predicted molar refractivity (Wildman–Crippen MR) is 155 cm³/mol. The van der Waals surface area contributed by atoms with E-state index in [1.807, 2.05) is 30.3 Å². The highest BCUT2D eigenvalue weighted by Gasteiger charge is 2.73. The van der Waals surface area contributed by atoms with Gasteiger partial charge in [-0.05, 0) is 85.9 Å². The van der Waals surface area contributed by atoms with Crippen LogP contribution in [0, 0.1) is 5.92 Å². The summed E-state index contributed by atoms with van der Waals surface area (Å²) in [6, 6.07) is 22.8. The molecule has 5 atom stereocenters. The highest BCUT2D eigenvalue weighted by atomic mass is 16.6. The van der Waals surface area contributed by atoms with Gasteiger partial charge in [0.05, 0.1) is 30.8 Å². The number of methoxy groups -OCH3 is 1. The van der Waals surface area contributed by atoms with E-state index in [0.717, 1.165) is 73.1 Å². The molecule has 1 spiro atoms. The maximum Gasteiger partial charge on any atom is 0.166 e. The number of hydrogen-bond acceptors (Lipinski definition) is 6. The van der Waals surface area contributed by atoms with E-state index in [9.17, 15) is 5.11 Å². The van der Waals surface area contributed by atoms with Gasteiger partial charge in [0.2, 0.25) is 0 Å². The molecule has 2 saturated carbocycles. The summed E-state index contributed by atoms with van der Waals surface area (Å²) in [5.74, 6) is 3.23. The van der Waals surface area contributed by atoms with Crippen LogP contribution >= 0.6 is 0 Å². The summed E-state index contributed by atoms with van der Waals surface area (Å²) in [5.41, 5.74) is 3.39. The SMILES string of the molecule is COc1ccc(CO[C@@H]2CC[C@@]3(O)[C@H]4Cc5ccc(OCc6ccccc6)c6c5[C@@]3(CCN4CC3CC3)[C@H]2O6)cc1. The van der Waals surface area contributed by atoms with E-state index in [2.05, 4.69) is 41.3 Å². The van der Waals surface area contributed by atoms with Gasteiger partial charge in [-0.1, -0.05) is 48.5 Å². The highest BCUT2D eigenvalue weighted by molar-refractivity contribution is 5.63. The van der Waals surface area contributed by atoms with E-state index in [0.29, 0.717) is 13.2 Å². The minimum absolute atomic E-state index is 0.111. The highest BCUT2D eigenvalue weighted by Crippen LogP contribution is 2.66. The van der Waals surface area contributed by atoms with Gasteiger partial charge in [0, 0.05) is 18.2 Å². The Kier molecular flexibility index (Phi) is 6.10. The smallest absolute Gasteiger partial charge is 0.166 e. The Balaban J connectivity index is 1.15. The van der Waals surface area contributed by atoms with Crippen molar-refractivity contribution in [2.45, 2.75) is 81.0 Å². The van der Waals surface area contributed by atoms with E-state index in [1.54, 1.807) is 7.11 Å². The molecule has 41 heavy (non-hydrogen) atoms. The van der Waals surface area contributed by atoms with Crippen LogP contribution in [0.25, 0.3) is 0 Å². The molecule has 2 heterocycles. The lowest BCUT2D eigenvalue weighted by Gasteiger charge is -2.64. The number of ether oxygens (including phenoxy) is 4. The van der Waals surface area contributed by atoms with Crippen molar-refractivity contribution in [3.63, 3.8) is 0 Å². The van der Waals surface area contributed by atoms with E-state index >= 15 is 0 Å². The van der Waals surface area contributed by atoms with Crippen LogP contribution in [0.2, 0.25) is 0 Å². The summed E-state index contributed by atoms with van der Waals surface area (Å²) >= 11 is 0. The maximum atomic E-state index is 12.8. The Morgan fingerprint density at radius 2 is 1.73 bits per heavy atom. The average molecular weight is 554 g/mol. The summed E-state index contributed by atoms with van der Waals surface area (Å²) < 4.78 is 25.4. The molecular weight excluding hydrogens is 514 g/mol. The summed E-state index contributed by atoms with van der Waals surface area (Å²) in [4.78, 5) is 2.61. The van der Waals surface area contributed by atoms with Crippen molar-refractivity contribution in [2.75, 3.05) is 20.2 Å². The molecule has 3 aliphatic carbocycles. The van der Waals surface area contributed by atoms with Crippen LogP contribution in [0.4, 0.5) is 0 Å². The number of rotatable bonds is 9. The molecule has 6 heteroatoms. The lowest BCUT2D eigenvalue weighted by atomic mass is 9.48. The van der Waals surface area contributed by atoms with Crippen molar-refractivity contribution in [1.82, 2.24) is 4.90 Å². The van der Waals surface area contributed by atoms with Crippen molar-refractivity contribution >= 4 is 0 Å². The van der Waals surface area contributed by atoms with Gasteiger partial charge in [-0.25, -0.2) is 0 Å². The fourth-order valence-corrected chi connectivity index (χ4v) is 8.37. The topological polar surface area (TPSA) is 60.4 Å². The molecule has 2 bridgehead atoms. The zero-order valence-electron chi connectivity index (χ0n) is 23.8. The average Bonchev–Trinajstić information content (AvgIpc) is 3.75. The molecule has 8 rings (SSSR count). The summed E-state index contributed by atoms with van der Waals surface area (Å²) in [5, 5.41) is 12.8.